The van der Waals surface area contributed by atoms with E-state index in [0.717, 1.165) is 5.56 Å². The molecule has 1 aromatic carbocycles. The molecule has 2 N–H and O–H groups in total. The number of aromatic nitrogens is 2. The molecule has 0 aliphatic carbocycles. The molecule has 22 heavy (non-hydrogen) atoms. The molecule has 2 aromatic rings. The second-order valence-electron chi connectivity index (χ2n) is 4.81. The number of nitrogens with zero attached hydrogens (tertiary/aromatic N) is 2. The van der Waals surface area contributed by atoms with Gasteiger partial charge in [0, 0.05) is 31.3 Å². The van der Waals surface area contributed by atoms with Crippen molar-refractivity contribution in [2.24, 2.45) is 0 Å². The van der Waals surface area contributed by atoms with Crippen molar-refractivity contribution in [2.75, 3.05) is 5.32 Å². The van der Waals surface area contributed by atoms with Crippen molar-refractivity contribution in [3.8, 4) is 0 Å². The molecule has 0 aliphatic heterocycles. The maximum atomic E-state index is 11.9. The maximum Gasteiger partial charge on any atom is 0.303 e. The van der Waals surface area contributed by atoms with E-state index in [1.54, 1.807) is 29.1 Å². The second kappa shape index (κ2) is 7.61. The summed E-state index contributed by atoms with van der Waals surface area (Å²) in [6.45, 7) is 0.442. The zero-order chi connectivity index (χ0) is 15.9. The van der Waals surface area contributed by atoms with E-state index >= 15 is 0 Å². The molecule has 0 bridgehead atoms. The van der Waals surface area contributed by atoms with Crippen LogP contribution in [0.1, 0.15) is 18.4 Å². The quantitative estimate of drug-likeness (QED) is 0.821. The van der Waals surface area contributed by atoms with E-state index in [4.69, 9.17) is 16.7 Å². The fourth-order valence-electron chi connectivity index (χ4n) is 1.96. The first-order valence-electron chi connectivity index (χ1n) is 6.81. The Hall–Kier alpha value is -2.34. The van der Waals surface area contributed by atoms with Gasteiger partial charge in [0.05, 0.1) is 11.2 Å². The fraction of sp³-hybridized carbons (Fsp3) is 0.267. The Morgan fingerprint density at radius 2 is 2.14 bits per heavy atom. The number of nitrogens with one attached hydrogen (secondary N) is 1. The van der Waals surface area contributed by atoms with Gasteiger partial charge < -0.3 is 10.4 Å². The van der Waals surface area contributed by atoms with E-state index in [2.05, 4.69) is 10.4 Å². The molecule has 2 rings (SSSR count). The number of benzene rings is 1. The highest BCUT2D eigenvalue weighted by Crippen LogP contribution is 2.13. The largest absolute Gasteiger partial charge is 0.481 e. The molecule has 0 saturated heterocycles. The number of hydrogen-bond acceptors (Lipinski definition) is 3. The van der Waals surface area contributed by atoms with Gasteiger partial charge in [-0.05, 0) is 24.1 Å². The summed E-state index contributed by atoms with van der Waals surface area (Å²) in [7, 11) is 0. The lowest BCUT2D eigenvalue weighted by molar-refractivity contribution is -0.137. The summed E-state index contributed by atoms with van der Waals surface area (Å²) in [6, 6.07) is 7.18. The molecule has 0 saturated carbocycles. The van der Waals surface area contributed by atoms with Crippen LogP contribution in [0.25, 0.3) is 0 Å². The SMILES string of the molecule is O=C(O)CCc1cccc(NC(=O)CCn2cc(Cl)cn2)c1. The van der Waals surface area contributed by atoms with E-state index in [9.17, 15) is 9.59 Å². The topological polar surface area (TPSA) is 84.2 Å². The van der Waals surface area contributed by atoms with Gasteiger partial charge in [0.2, 0.25) is 5.91 Å². The Balaban J connectivity index is 1.85. The number of amides is 1. The lowest BCUT2D eigenvalue weighted by atomic mass is 10.1. The molecule has 1 amide bonds. The first-order chi connectivity index (χ1) is 10.5. The van der Waals surface area contributed by atoms with Crippen LogP contribution in [0.2, 0.25) is 5.02 Å². The lowest BCUT2D eigenvalue weighted by Crippen LogP contribution is -2.14. The summed E-state index contributed by atoms with van der Waals surface area (Å²) in [5.41, 5.74) is 1.53. The van der Waals surface area contributed by atoms with E-state index in [-0.39, 0.29) is 18.7 Å². The molecule has 116 valence electrons. The third-order valence-electron chi connectivity index (χ3n) is 3.01. The van der Waals surface area contributed by atoms with Gasteiger partial charge >= 0.3 is 5.97 Å². The number of carbonyl (C=O) groups excluding carboxylic acids is 1. The van der Waals surface area contributed by atoms with Gasteiger partial charge in [0.1, 0.15) is 0 Å². The van der Waals surface area contributed by atoms with Crippen LogP contribution < -0.4 is 5.32 Å². The van der Waals surface area contributed by atoms with Crippen LogP contribution >= 0.6 is 11.6 Å². The van der Waals surface area contributed by atoms with Gasteiger partial charge in [-0.2, -0.15) is 5.10 Å². The molecule has 0 spiro atoms. The predicted octanol–water partition coefficient (Wildman–Crippen LogP) is 2.58. The average Bonchev–Trinajstić information content (AvgIpc) is 2.89. The molecular formula is C15H16ClN3O3. The van der Waals surface area contributed by atoms with Gasteiger partial charge in [-0.3, -0.25) is 14.3 Å². The molecule has 1 aromatic heterocycles. The summed E-state index contributed by atoms with van der Waals surface area (Å²) in [6.07, 6.45) is 3.95. The number of aliphatic carboxylic acids is 1. The Kier molecular flexibility index (Phi) is 5.55. The van der Waals surface area contributed by atoms with Crippen LogP contribution in [-0.4, -0.2) is 26.8 Å². The molecule has 1 heterocycles. The minimum absolute atomic E-state index is 0.0669. The van der Waals surface area contributed by atoms with Crippen molar-refractivity contribution in [1.29, 1.82) is 0 Å². The van der Waals surface area contributed by atoms with Crippen molar-refractivity contribution >= 4 is 29.2 Å². The number of rotatable bonds is 7. The third-order valence-corrected chi connectivity index (χ3v) is 3.20. The van der Waals surface area contributed by atoms with Crippen molar-refractivity contribution in [3.05, 3.63) is 47.2 Å². The molecule has 0 aliphatic rings. The minimum Gasteiger partial charge on any atom is -0.481 e. The molecule has 7 heteroatoms. The van der Waals surface area contributed by atoms with Crippen molar-refractivity contribution in [2.45, 2.75) is 25.8 Å². The van der Waals surface area contributed by atoms with Crippen molar-refractivity contribution in [3.63, 3.8) is 0 Å². The predicted molar refractivity (Wildman–Crippen MR) is 82.9 cm³/mol. The zero-order valence-electron chi connectivity index (χ0n) is 11.8. The molecule has 0 fully saturated rings. The third kappa shape index (κ3) is 5.21. The van der Waals surface area contributed by atoms with Gasteiger partial charge in [-0.25, -0.2) is 0 Å². The highest BCUT2D eigenvalue weighted by Gasteiger charge is 2.05. The maximum absolute atomic E-state index is 11.9. The standard InChI is InChI=1S/C15H16ClN3O3/c16-12-9-17-19(10-12)7-6-14(20)18-13-3-1-2-11(8-13)4-5-15(21)22/h1-3,8-10H,4-7H2,(H,18,20)(H,21,22). The first-order valence-corrected chi connectivity index (χ1v) is 7.19. The van der Waals surface area contributed by atoms with Crippen LogP contribution in [-0.2, 0) is 22.6 Å². The van der Waals surface area contributed by atoms with Gasteiger partial charge in [0.25, 0.3) is 0 Å². The van der Waals surface area contributed by atoms with E-state index < -0.39 is 5.97 Å². The normalized spacial score (nSPS) is 10.4. The monoisotopic (exact) mass is 321 g/mol. The molecular weight excluding hydrogens is 306 g/mol. The Morgan fingerprint density at radius 1 is 1.32 bits per heavy atom. The number of carboxylic acids is 1. The molecule has 0 radical (unpaired) electrons. The summed E-state index contributed by atoms with van der Waals surface area (Å²) < 4.78 is 1.60. The van der Waals surface area contributed by atoms with E-state index in [1.165, 1.54) is 6.20 Å². The van der Waals surface area contributed by atoms with Crippen LogP contribution in [0.15, 0.2) is 36.7 Å². The van der Waals surface area contributed by atoms with E-state index in [0.29, 0.717) is 23.7 Å². The van der Waals surface area contributed by atoms with Gasteiger partial charge in [0.15, 0.2) is 0 Å². The summed E-state index contributed by atoms with van der Waals surface area (Å²) in [4.78, 5) is 22.5. The smallest absolute Gasteiger partial charge is 0.303 e. The van der Waals surface area contributed by atoms with Crippen LogP contribution in [0, 0.1) is 0 Å². The zero-order valence-corrected chi connectivity index (χ0v) is 12.6. The number of aryl methyl sites for hydroxylation is 2. The second-order valence-corrected chi connectivity index (χ2v) is 5.25. The van der Waals surface area contributed by atoms with Gasteiger partial charge in [-0.15, -0.1) is 0 Å². The molecule has 0 unspecified atom stereocenters. The molecule has 0 atom stereocenters. The van der Waals surface area contributed by atoms with Crippen LogP contribution in [0.4, 0.5) is 5.69 Å². The summed E-state index contributed by atoms with van der Waals surface area (Å²) in [5, 5.41) is 16.0. The fourth-order valence-corrected chi connectivity index (χ4v) is 2.11. The molecule has 6 nitrogen and oxygen atoms in total. The van der Waals surface area contributed by atoms with Crippen LogP contribution in [0.3, 0.4) is 0 Å². The number of anilines is 1. The summed E-state index contributed by atoms with van der Waals surface area (Å²) in [5.74, 6) is -0.977. The highest BCUT2D eigenvalue weighted by atomic mass is 35.5. The van der Waals surface area contributed by atoms with Crippen molar-refractivity contribution in [1.82, 2.24) is 9.78 Å². The van der Waals surface area contributed by atoms with E-state index in [1.807, 2.05) is 6.07 Å². The Bertz CT molecular complexity index is 670. The minimum atomic E-state index is -0.840. The number of carbonyl (C=O) groups is 2. The Morgan fingerprint density at radius 3 is 2.82 bits per heavy atom. The lowest BCUT2D eigenvalue weighted by Gasteiger charge is -2.07. The highest BCUT2D eigenvalue weighted by molar-refractivity contribution is 6.30. The number of hydrogen-bond donors (Lipinski definition) is 2. The van der Waals surface area contributed by atoms with Gasteiger partial charge in [-0.1, -0.05) is 23.7 Å². The first kappa shape index (κ1) is 16.0. The number of carboxylic acid groups (broad SMARTS) is 1. The number of halogens is 1. The summed E-state index contributed by atoms with van der Waals surface area (Å²) >= 11 is 5.75. The van der Waals surface area contributed by atoms with Crippen molar-refractivity contribution < 1.29 is 14.7 Å². The Labute approximate surface area is 132 Å². The van der Waals surface area contributed by atoms with Crippen LogP contribution in [0.5, 0.6) is 0 Å². The average molecular weight is 322 g/mol.